The summed E-state index contributed by atoms with van der Waals surface area (Å²) in [7, 11) is 2.17. The maximum absolute atomic E-state index is 7.73. The van der Waals surface area contributed by atoms with Crippen molar-refractivity contribution in [3.63, 3.8) is 0 Å². The van der Waals surface area contributed by atoms with Crippen LogP contribution in [0.1, 0.15) is 25.3 Å². The second-order valence-electron chi connectivity index (χ2n) is 5.18. The number of nitrogens with two attached hydrogens (primary N) is 1. The molecule has 0 radical (unpaired) electrons. The van der Waals surface area contributed by atoms with Gasteiger partial charge in [-0.3, -0.25) is 10.4 Å². The summed E-state index contributed by atoms with van der Waals surface area (Å²) < 4.78 is 0. The predicted octanol–water partition coefficient (Wildman–Crippen LogP) is 1.29. The molecule has 5 heteroatoms. The highest BCUT2D eigenvalue weighted by molar-refractivity contribution is 6.00. The number of likely N-dealkylation sites (N-methyl/N-ethyl adjacent to an activating group) is 1. The van der Waals surface area contributed by atoms with Crippen LogP contribution in [-0.2, 0) is 0 Å². The molecule has 0 aromatic carbocycles. The Labute approximate surface area is 114 Å². The Hall–Kier alpha value is -1.62. The molecule has 1 aromatic rings. The molecule has 2 rings (SSSR count). The van der Waals surface area contributed by atoms with Crippen LogP contribution in [0.15, 0.2) is 18.5 Å². The first-order chi connectivity index (χ1) is 9.13. The molecule has 0 bridgehead atoms. The number of rotatable bonds is 3. The zero-order valence-corrected chi connectivity index (χ0v) is 11.8. The summed E-state index contributed by atoms with van der Waals surface area (Å²) in [6.45, 7) is 5.36. The van der Waals surface area contributed by atoms with Crippen LogP contribution >= 0.6 is 0 Å². The van der Waals surface area contributed by atoms with E-state index in [-0.39, 0.29) is 5.84 Å². The van der Waals surface area contributed by atoms with Gasteiger partial charge >= 0.3 is 0 Å². The Morgan fingerprint density at radius 1 is 1.53 bits per heavy atom. The Kier molecular flexibility index (Phi) is 4.37. The lowest BCUT2D eigenvalue weighted by molar-refractivity contribution is 0.328. The van der Waals surface area contributed by atoms with Crippen LogP contribution < -0.4 is 10.6 Å². The standard InChI is InChI=1S/C14H23N5/c1-3-11-10-18(2)7-4-8-19(11)13-9-17-6-5-12(13)14(15)16/h5-6,9,11H,3-4,7-8,10H2,1-2H3,(H3,15,16). The first-order valence-electron chi connectivity index (χ1n) is 6.87. The molecule has 5 nitrogen and oxygen atoms in total. The second kappa shape index (κ2) is 6.02. The van der Waals surface area contributed by atoms with Crippen molar-refractivity contribution >= 4 is 11.5 Å². The van der Waals surface area contributed by atoms with Crippen molar-refractivity contribution in [1.82, 2.24) is 9.88 Å². The fourth-order valence-corrected chi connectivity index (χ4v) is 2.75. The lowest BCUT2D eigenvalue weighted by Crippen LogP contribution is -2.40. The first-order valence-corrected chi connectivity index (χ1v) is 6.87. The van der Waals surface area contributed by atoms with E-state index in [1.165, 1.54) is 0 Å². The van der Waals surface area contributed by atoms with Crippen LogP contribution in [0.25, 0.3) is 0 Å². The van der Waals surface area contributed by atoms with Crippen LogP contribution in [0.3, 0.4) is 0 Å². The largest absolute Gasteiger partial charge is 0.384 e. The van der Waals surface area contributed by atoms with Crippen molar-refractivity contribution in [2.45, 2.75) is 25.8 Å². The Bertz CT molecular complexity index is 445. The van der Waals surface area contributed by atoms with Gasteiger partial charge in [0.15, 0.2) is 0 Å². The summed E-state index contributed by atoms with van der Waals surface area (Å²) in [5.74, 6) is 0.116. The maximum Gasteiger partial charge on any atom is 0.125 e. The molecule has 1 atom stereocenters. The van der Waals surface area contributed by atoms with Gasteiger partial charge in [0.05, 0.1) is 11.9 Å². The molecule has 1 aliphatic heterocycles. The Balaban J connectivity index is 2.35. The molecule has 19 heavy (non-hydrogen) atoms. The molecule has 1 fully saturated rings. The van der Waals surface area contributed by atoms with Gasteiger partial charge in [0.2, 0.25) is 0 Å². The number of nitrogens with zero attached hydrogens (tertiary/aromatic N) is 3. The molecule has 0 spiro atoms. The van der Waals surface area contributed by atoms with E-state index in [0.29, 0.717) is 6.04 Å². The first kappa shape index (κ1) is 13.8. The molecule has 1 saturated heterocycles. The number of nitrogen functional groups attached to an aromatic ring is 1. The topological polar surface area (TPSA) is 69.2 Å². The Morgan fingerprint density at radius 2 is 2.32 bits per heavy atom. The van der Waals surface area contributed by atoms with Crippen LogP contribution in [0.2, 0.25) is 0 Å². The van der Waals surface area contributed by atoms with E-state index in [1.807, 2.05) is 12.3 Å². The van der Waals surface area contributed by atoms with E-state index in [9.17, 15) is 0 Å². The van der Waals surface area contributed by atoms with Crippen molar-refractivity contribution in [2.75, 3.05) is 31.6 Å². The van der Waals surface area contributed by atoms with E-state index < -0.39 is 0 Å². The lowest BCUT2D eigenvalue weighted by Gasteiger charge is -2.33. The molecule has 0 amide bonds. The van der Waals surface area contributed by atoms with Crippen LogP contribution in [0.4, 0.5) is 5.69 Å². The molecule has 1 unspecified atom stereocenters. The SMILES string of the molecule is CCC1CN(C)CCCN1c1cnccc1C(=N)N. The van der Waals surface area contributed by atoms with Gasteiger partial charge in [0, 0.05) is 30.9 Å². The average molecular weight is 261 g/mol. The van der Waals surface area contributed by atoms with Crippen LogP contribution in [0.5, 0.6) is 0 Å². The highest BCUT2D eigenvalue weighted by Gasteiger charge is 2.24. The smallest absolute Gasteiger partial charge is 0.125 e. The van der Waals surface area contributed by atoms with Gasteiger partial charge in [0.1, 0.15) is 5.84 Å². The quantitative estimate of drug-likeness (QED) is 0.635. The van der Waals surface area contributed by atoms with Gasteiger partial charge in [0.25, 0.3) is 0 Å². The monoisotopic (exact) mass is 261 g/mol. The molecule has 0 saturated carbocycles. The minimum absolute atomic E-state index is 0.116. The normalized spacial score (nSPS) is 21.2. The third-order valence-electron chi connectivity index (χ3n) is 3.77. The van der Waals surface area contributed by atoms with Gasteiger partial charge in [-0.25, -0.2) is 0 Å². The maximum atomic E-state index is 7.73. The molecule has 0 aliphatic carbocycles. The summed E-state index contributed by atoms with van der Waals surface area (Å²) in [6, 6.07) is 2.29. The minimum atomic E-state index is 0.116. The van der Waals surface area contributed by atoms with Crippen LogP contribution in [-0.4, -0.2) is 48.4 Å². The van der Waals surface area contributed by atoms with Crippen molar-refractivity contribution < 1.29 is 0 Å². The van der Waals surface area contributed by atoms with Gasteiger partial charge in [-0.15, -0.1) is 0 Å². The fourth-order valence-electron chi connectivity index (χ4n) is 2.75. The van der Waals surface area contributed by atoms with Crippen molar-refractivity contribution in [3.8, 4) is 0 Å². The zero-order valence-electron chi connectivity index (χ0n) is 11.8. The number of pyridine rings is 1. The van der Waals surface area contributed by atoms with E-state index in [1.54, 1.807) is 6.20 Å². The number of hydrogen-bond donors (Lipinski definition) is 2. The number of hydrogen-bond acceptors (Lipinski definition) is 4. The number of amidine groups is 1. The minimum Gasteiger partial charge on any atom is -0.384 e. The van der Waals surface area contributed by atoms with Crippen molar-refractivity contribution in [3.05, 3.63) is 24.0 Å². The number of anilines is 1. The third-order valence-corrected chi connectivity index (χ3v) is 3.77. The van der Waals surface area contributed by atoms with E-state index >= 15 is 0 Å². The molecular formula is C14H23N5. The third kappa shape index (κ3) is 3.04. The molecule has 1 aliphatic rings. The van der Waals surface area contributed by atoms with E-state index in [0.717, 1.165) is 43.7 Å². The van der Waals surface area contributed by atoms with E-state index in [2.05, 4.69) is 28.8 Å². The van der Waals surface area contributed by atoms with Gasteiger partial charge in [-0.2, -0.15) is 0 Å². The summed E-state index contributed by atoms with van der Waals surface area (Å²) in [5, 5.41) is 7.73. The summed E-state index contributed by atoms with van der Waals surface area (Å²) in [5.41, 5.74) is 7.48. The van der Waals surface area contributed by atoms with Gasteiger partial charge in [-0.05, 0) is 32.5 Å². The summed E-state index contributed by atoms with van der Waals surface area (Å²) in [6.07, 6.45) is 5.74. The summed E-state index contributed by atoms with van der Waals surface area (Å²) in [4.78, 5) is 8.96. The lowest BCUT2D eigenvalue weighted by atomic mass is 10.1. The second-order valence-corrected chi connectivity index (χ2v) is 5.18. The van der Waals surface area contributed by atoms with Crippen LogP contribution in [0, 0.1) is 5.41 Å². The molecule has 2 heterocycles. The molecule has 104 valence electrons. The Morgan fingerprint density at radius 3 is 3.00 bits per heavy atom. The van der Waals surface area contributed by atoms with Crippen molar-refractivity contribution in [1.29, 1.82) is 5.41 Å². The predicted molar refractivity (Wildman–Crippen MR) is 78.8 cm³/mol. The van der Waals surface area contributed by atoms with E-state index in [4.69, 9.17) is 11.1 Å². The molecular weight excluding hydrogens is 238 g/mol. The molecule has 3 N–H and O–H groups in total. The van der Waals surface area contributed by atoms with Gasteiger partial charge in [-0.1, -0.05) is 6.92 Å². The molecule has 1 aromatic heterocycles. The number of aromatic nitrogens is 1. The number of nitrogens with one attached hydrogen (secondary N) is 1. The van der Waals surface area contributed by atoms with Crippen molar-refractivity contribution in [2.24, 2.45) is 5.73 Å². The average Bonchev–Trinajstić information content (AvgIpc) is 2.60. The zero-order chi connectivity index (χ0) is 13.8. The summed E-state index contributed by atoms with van der Waals surface area (Å²) >= 11 is 0. The highest BCUT2D eigenvalue weighted by Crippen LogP contribution is 2.24. The van der Waals surface area contributed by atoms with Gasteiger partial charge < -0.3 is 15.5 Å². The fraction of sp³-hybridized carbons (Fsp3) is 0.571. The highest BCUT2D eigenvalue weighted by atomic mass is 15.2.